The molecule has 0 N–H and O–H groups in total. The lowest BCUT2D eigenvalue weighted by Crippen LogP contribution is -2.22. The topological polar surface area (TPSA) is 44.1 Å². The van der Waals surface area contributed by atoms with Crippen LogP contribution in [0.5, 0.6) is 0 Å². The number of anilines is 1. The number of nitrogens with zero attached hydrogens (tertiary/aromatic N) is 2. The van der Waals surface area contributed by atoms with E-state index in [2.05, 4.69) is 30.9 Å². The lowest BCUT2D eigenvalue weighted by Gasteiger charge is -2.23. The van der Waals surface area contributed by atoms with E-state index in [0.29, 0.717) is 5.56 Å². The summed E-state index contributed by atoms with van der Waals surface area (Å²) in [6.45, 7) is 4.31. The van der Waals surface area contributed by atoms with Crippen LogP contribution in [0.2, 0.25) is 0 Å². The van der Waals surface area contributed by atoms with Crippen LogP contribution >= 0.6 is 0 Å². The minimum atomic E-state index is -0.254. The zero-order valence-electron chi connectivity index (χ0n) is 14.7. The number of fused-ring (bicyclic) bond motifs is 1. The summed E-state index contributed by atoms with van der Waals surface area (Å²) in [5.74, 6) is -0.254. The highest BCUT2D eigenvalue weighted by Crippen LogP contribution is 2.46. The molecule has 0 saturated heterocycles. The van der Waals surface area contributed by atoms with Crippen molar-refractivity contribution in [3.8, 4) is 6.07 Å². The van der Waals surface area contributed by atoms with Gasteiger partial charge in [-0.1, -0.05) is 62.4 Å². The Hall–Kier alpha value is -3.12. The third-order valence-corrected chi connectivity index (χ3v) is 4.75. The van der Waals surface area contributed by atoms with Crippen LogP contribution in [0.15, 0.2) is 78.0 Å². The smallest absolute Gasteiger partial charge is 0.203 e. The van der Waals surface area contributed by atoms with Gasteiger partial charge in [0.15, 0.2) is 0 Å². The van der Waals surface area contributed by atoms with E-state index in [0.717, 1.165) is 11.4 Å². The first-order valence-electron chi connectivity index (χ1n) is 8.22. The van der Waals surface area contributed by atoms with Crippen LogP contribution in [0.25, 0.3) is 0 Å². The van der Waals surface area contributed by atoms with Gasteiger partial charge < -0.3 is 4.90 Å². The number of hydrogen-bond donors (Lipinski definition) is 0. The molecule has 3 rings (SSSR count). The monoisotopic (exact) mass is 328 g/mol. The highest BCUT2D eigenvalue weighted by molar-refractivity contribution is 6.11. The Morgan fingerprint density at radius 1 is 1.08 bits per heavy atom. The zero-order chi connectivity index (χ0) is 18.0. The van der Waals surface area contributed by atoms with Crippen LogP contribution in [-0.2, 0) is 5.41 Å². The molecule has 2 aromatic carbocycles. The molecule has 0 bridgehead atoms. The maximum Gasteiger partial charge on any atom is 0.203 e. The molecule has 0 spiro atoms. The van der Waals surface area contributed by atoms with Crippen molar-refractivity contribution in [1.82, 2.24) is 0 Å². The predicted octanol–water partition coefficient (Wildman–Crippen LogP) is 4.63. The fourth-order valence-corrected chi connectivity index (χ4v) is 3.37. The number of rotatable bonds is 3. The Labute approximate surface area is 148 Å². The number of carbonyl (C=O) groups is 1. The SMILES string of the molecule is CN1/C(=C\C=C(/C#N)C(=O)c2ccccc2)C(C)(C)c2ccccc21. The van der Waals surface area contributed by atoms with Crippen molar-refractivity contribution in [1.29, 1.82) is 5.26 Å². The highest BCUT2D eigenvalue weighted by Gasteiger charge is 2.37. The molecule has 124 valence electrons. The molecule has 1 aliphatic rings. The summed E-state index contributed by atoms with van der Waals surface area (Å²) < 4.78 is 0. The van der Waals surface area contributed by atoms with E-state index in [9.17, 15) is 10.1 Å². The molecule has 3 heteroatoms. The van der Waals surface area contributed by atoms with E-state index >= 15 is 0 Å². The van der Waals surface area contributed by atoms with Gasteiger partial charge in [0.05, 0.1) is 5.57 Å². The summed E-state index contributed by atoms with van der Waals surface area (Å²) in [7, 11) is 2.01. The minimum Gasteiger partial charge on any atom is -0.347 e. The van der Waals surface area contributed by atoms with Crippen molar-refractivity contribution in [3.05, 3.63) is 89.1 Å². The van der Waals surface area contributed by atoms with Crippen LogP contribution in [0, 0.1) is 11.3 Å². The van der Waals surface area contributed by atoms with Gasteiger partial charge in [-0.2, -0.15) is 5.26 Å². The molecule has 2 aromatic rings. The second kappa shape index (κ2) is 6.41. The molecule has 0 amide bonds. The first kappa shape index (κ1) is 16.7. The number of nitriles is 1. The molecule has 0 aliphatic carbocycles. The molecular formula is C22H20N2O. The molecule has 1 heterocycles. The number of carbonyl (C=O) groups excluding carboxylic acids is 1. The maximum absolute atomic E-state index is 12.5. The number of allylic oxidation sites excluding steroid dienone is 4. The molecule has 0 unspecified atom stereocenters. The molecule has 0 aromatic heterocycles. The second-order valence-corrected chi connectivity index (χ2v) is 6.64. The molecule has 25 heavy (non-hydrogen) atoms. The van der Waals surface area contributed by atoms with Crippen molar-refractivity contribution < 1.29 is 4.79 Å². The largest absolute Gasteiger partial charge is 0.347 e. The van der Waals surface area contributed by atoms with E-state index < -0.39 is 0 Å². The average molecular weight is 328 g/mol. The standard InChI is InChI=1S/C22H20N2O/c1-22(2)18-11-7-8-12-19(18)24(3)20(22)14-13-17(15-23)21(25)16-9-5-4-6-10-16/h4-14H,1-3H3/b17-13+,20-14-. The highest BCUT2D eigenvalue weighted by atomic mass is 16.1. The third-order valence-electron chi connectivity index (χ3n) is 4.75. The molecule has 0 fully saturated rings. The van der Waals surface area contributed by atoms with Crippen molar-refractivity contribution >= 4 is 11.5 Å². The van der Waals surface area contributed by atoms with Gasteiger partial charge in [-0.3, -0.25) is 4.79 Å². The van der Waals surface area contributed by atoms with Crippen molar-refractivity contribution in [3.63, 3.8) is 0 Å². The molecular weight excluding hydrogens is 308 g/mol. The molecule has 1 aliphatic heterocycles. The fraction of sp³-hybridized carbons (Fsp3) is 0.182. The normalized spacial score (nSPS) is 17.3. The Bertz CT molecular complexity index is 915. The summed E-state index contributed by atoms with van der Waals surface area (Å²) in [6.07, 6.45) is 3.52. The predicted molar refractivity (Wildman–Crippen MR) is 100 cm³/mol. The van der Waals surface area contributed by atoms with Gasteiger partial charge in [0.2, 0.25) is 5.78 Å². The van der Waals surface area contributed by atoms with Gasteiger partial charge in [0.1, 0.15) is 6.07 Å². The Balaban J connectivity index is 1.99. The zero-order valence-corrected chi connectivity index (χ0v) is 14.7. The van der Waals surface area contributed by atoms with Gasteiger partial charge in [0, 0.05) is 29.4 Å². The Kier molecular flexibility index (Phi) is 4.29. The van der Waals surface area contributed by atoms with E-state index in [-0.39, 0.29) is 16.8 Å². The van der Waals surface area contributed by atoms with Crippen molar-refractivity contribution in [2.45, 2.75) is 19.3 Å². The Morgan fingerprint density at radius 2 is 1.72 bits per heavy atom. The summed E-state index contributed by atoms with van der Waals surface area (Å²) in [4.78, 5) is 14.6. The van der Waals surface area contributed by atoms with E-state index in [1.165, 1.54) is 5.56 Å². The van der Waals surface area contributed by atoms with Gasteiger partial charge in [-0.25, -0.2) is 0 Å². The molecule has 0 atom stereocenters. The lowest BCUT2D eigenvalue weighted by atomic mass is 9.83. The first-order chi connectivity index (χ1) is 12.0. The number of ketones is 1. The number of benzene rings is 2. The van der Waals surface area contributed by atoms with Crippen LogP contribution in [0.1, 0.15) is 29.8 Å². The van der Waals surface area contributed by atoms with Crippen LogP contribution in [0.4, 0.5) is 5.69 Å². The number of hydrogen-bond acceptors (Lipinski definition) is 3. The summed E-state index contributed by atoms with van der Waals surface area (Å²) in [5.41, 5.74) is 3.93. The lowest BCUT2D eigenvalue weighted by molar-refractivity contribution is 0.103. The van der Waals surface area contributed by atoms with E-state index in [1.54, 1.807) is 30.3 Å². The quantitative estimate of drug-likeness (QED) is 0.469. The van der Waals surface area contributed by atoms with E-state index in [1.807, 2.05) is 37.4 Å². The average Bonchev–Trinajstić information content (AvgIpc) is 2.83. The maximum atomic E-state index is 12.5. The van der Waals surface area contributed by atoms with Crippen molar-refractivity contribution in [2.24, 2.45) is 0 Å². The number of para-hydroxylation sites is 1. The summed E-state index contributed by atoms with van der Waals surface area (Å²) in [6, 6.07) is 19.2. The number of likely N-dealkylation sites (N-methyl/N-ethyl adjacent to an activating group) is 1. The van der Waals surface area contributed by atoms with Crippen LogP contribution in [0.3, 0.4) is 0 Å². The first-order valence-corrected chi connectivity index (χ1v) is 8.22. The van der Waals surface area contributed by atoms with Gasteiger partial charge in [-0.15, -0.1) is 0 Å². The second-order valence-electron chi connectivity index (χ2n) is 6.64. The number of Topliss-reactive ketones (excluding diaryl/α,β-unsaturated/α-hetero) is 1. The summed E-state index contributed by atoms with van der Waals surface area (Å²) in [5, 5.41) is 9.42. The van der Waals surface area contributed by atoms with Crippen molar-refractivity contribution in [2.75, 3.05) is 11.9 Å². The molecule has 3 nitrogen and oxygen atoms in total. The van der Waals surface area contributed by atoms with Crippen LogP contribution in [-0.4, -0.2) is 12.8 Å². The molecule has 0 radical (unpaired) electrons. The minimum absolute atomic E-state index is 0.138. The van der Waals surface area contributed by atoms with Crippen LogP contribution < -0.4 is 4.90 Å². The summed E-state index contributed by atoms with van der Waals surface area (Å²) >= 11 is 0. The van der Waals surface area contributed by atoms with Gasteiger partial charge >= 0.3 is 0 Å². The van der Waals surface area contributed by atoms with Gasteiger partial charge in [0.25, 0.3) is 0 Å². The van der Waals surface area contributed by atoms with E-state index in [4.69, 9.17) is 0 Å². The Morgan fingerprint density at radius 3 is 2.36 bits per heavy atom. The van der Waals surface area contributed by atoms with Gasteiger partial charge in [-0.05, 0) is 23.8 Å². The fourth-order valence-electron chi connectivity index (χ4n) is 3.37. The third kappa shape index (κ3) is 2.88. The molecule has 0 saturated carbocycles.